The molecule has 2 aromatic rings. The van der Waals surface area contributed by atoms with Crippen LogP contribution in [0.15, 0.2) is 39.9 Å². The Morgan fingerprint density at radius 3 is 2.77 bits per heavy atom. The van der Waals surface area contributed by atoms with Crippen molar-refractivity contribution in [3.63, 3.8) is 0 Å². The van der Waals surface area contributed by atoms with E-state index in [2.05, 4.69) is 21.6 Å². The van der Waals surface area contributed by atoms with Crippen LogP contribution in [0.5, 0.6) is 0 Å². The van der Waals surface area contributed by atoms with Crippen molar-refractivity contribution in [2.75, 3.05) is 36.6 Å². The molecule has 0 atom stereocenters. The zero-order valence-corrected chi connectivity index (χ0v) is 11.9. The molecule has 0 unspecified atom stereocenters. The number of benzene rings is 1. The lowest BCUT2D eigenvalue weighted by molar-refractivity contribution is 0.120. The van der Waals surface area contributed by atoms with E-state index in [-0.39, 0.29) is 5.69 Å². The number of hydrogen-bond acceptors (Lipinski definition) is 7. The maximum atomic E-state index is 9.18. The summed E-state index contributed by atoms with van der Waals surface area (Å²) >= 11 is 0. The normalized spacial score (nSPS) is 15.0. The van der Waals surface area contributed by atoms with Crippen LogP contribution >= 0.6 is 0 Å². The zero-order valence-electron chi connectivity index (χ0n) is 11.9. The number of rotatable bonds is 4. The fourth-order valence-corrected chi connectivity index (χ4v) is 2.11. The summed E-state index contributed by atoms with van der Waals surface area (Å²) in [6.07, 6.45) is 1.46. The molecule has 1 aromatic carbocycles. The van der Waals surface area contributed by atoms with Crippen molar-refractivity contribution in [2.45, 2.75) is 0 Å². The molecular formula is C15H15N5O2. The molecule has 1 N–H and O–H groups in total. The van der Waals surface area contributed by atoms with E-state index in [0.29, 0.717) is 38.1 Å². The Hall–Kier alpha value is -2.85. The van der Waals surface area contributed by atoms with E-state index >= 15 is 0 Å². The van der Waals surface area contributed by atoms with E-state index in [4.69, 9.17) is 9.15 Å². The van der Waals surface area contributed by atoms with Gasteiger partial charge in [0, 0.05) is 13.1 Å². The van der Waals surface area contributed by atoms with Gasteiger partial charge in [0.05, 0.1) is 18.9 Å². The van der Waals surface area contributed by atoms with Crippen LogP contribution in [0, 0.1) is 11.3 Å². The second kappa shape index (κ2) is 6.74. The minimum absolute atomic E-state index is 0.267. The zero-order chi connectivity index (χ0) is 15.2. The lowest BCUT2D eigenvalue weighted by atomic mass is 10.3. The van der Waals surface area contributed by atoms with Crippen LogP contribution in [0.2, 0.25) is 0 Å². The molecule has 1 aliphatic heterocycles. The van der Waals surface area contributed by atoms with Crippen LogP contribution in [-0.4, -0.2) is 37.5 Å². The molecule has 7 heteroatoms. The van der Waals surface area contributed by atoms with Crippen LogP contribution in [0.3, 0.4) is 0 Å². The molecule has 1 aromatic heterocycles. The Morgan fingerprint density at radius 2 is 2.05 bits per heavy atom. The SMILES string of the molecule is N#Cc1nc(C=NNc2ccccc2)oc1N1CCOCC1. The number of nitriles is 1. The van der Waals surface area contributed by atoms with Gasteiger partial charge in [0.25, 0.3) is 0 Å². The number of oxazole rings is 1. The highest BCUT2D eigenvalue weighted by molar-refractivity contribution is 5.75. The number of hydrazone groups is 1. The highest BCUT2D eigenvalue weighted by Gasteiger charge is 2.20. The van der Waals surface area contributed by atoms with Gasteiger partial charge in [-0.1, -0.05) is 18.2 Å². The molecule has 3 rings (SSSR count). The Balaban J connectivity index is 1.72. The molecule has 0 radical (unpaired) electrons. The molecule has 0 bridgehead atoms. The fraction of sp³-hybridized carbons (Fsp3) is 0.267. The van der Waals surface area contributed by atoms with E-state index in [0.717, 1.165) is 5.69 Å². The van der Waals surface area contributed by atoms with E-state index in [1.54, 1.807) is 0 Å². The first-order chi connectivity index (χ1) is 10.9. The monoisotopic (exact) mass is 297 g/mol. The topological polar surface area (TPSA) is 86.7 Å². The van der Waals surface area contributed by atoms with Crippen molar-refractivity contribution < 1.29 is 9.15 Å². The summed E-state index contributed by atoms with van der Waals surface area (Å²) in [7, 11) is 0. The average molecular weight is 297 g/mol. The largest absolute Gasteiger partial charge is 0.418 e. The van der Waals surface area contributed by atoms with Crippen molar-refractivity contribution in [2.24, 2.45) is 5.10 Å². The molecule has 22 heavy (non-hydrogen) atoms. The van der Waals surface area contributed by atoms with Gasteiger partial charge in [-0.05, 0) is 12.1 Å². The van der Waals surface area contributed by atoms with E-state index < -0.39 is 0 Å². The third-order valence-corrected chi connectivity index (χ3v) is 3.17. The van der Waals surface area contributed by atoms with Gasteiger partial charge >= 0.3 is 0 Å². The van der Waals surface area contributed by atoms with Gasteiger partial charge in [-0.3, -0.25) is 5.43 Å². The molecule has 0 saturated carbocycles. The molecule has 7 nitrogen and oxygen atoms in total. The third-order valence-electron chi connectivity index (χ3n) is 3.17. The van der Waals surface area contributed by atoms with Crippen LogP contribution < -0.4 is 10.3 Å². The first-order valence-corrected chi connectivity index (χ1v) is 6.94. The van der Waals surface area contributed by atoms with Gasteiger partial charge in [0.15, 0.2) is 0 Å². The van der Waals surface area contributed by atoms with Crippen molar-refractivity contribution >= 4 is 17.8 Å². The Labute approximate surface area is 127 Å². The Morgan fingerprint density at radius 1 is 1.27 bits per heavy atom. The summed E-state index contributed by atoms with van der Waals surface area (Å²) < 4.78 is 10.9. The predicted octanol–water partition coefficient (Wildman–Crippen LogP) is 1.83. The molecule has 0 spiro atoms. The lowest BCUT2D eigenvalue weighted by Crippen LogP contribution is -2.36. The highest BCUT2D eigenvalue weighted by Crippen LogP contribution is 2.21. The maximum Gasteiger partial charge on any atom is 0.243 e. The van der Waals surface area contributed by atoms with Crippen molar-refractivity contribution in [3.8, 4) is 6.07 Å². The summed E-state index contributed by atoms with van der Waals surface area (Å²) in [6, 6.07) is 11.6. The van der Waals surface area contributed by atoms with Crippen LogP contribution in [0.1, 0.15) is 11.6 Å². The van der Waals surface area contributed by atoms with Crippen molar-refractivity contribution in [1.82, 2.24) is 4.98 Å². The first kappa shape index (κ1) is 14.1. The van der Waals surface area contributed by atoms with Gasteiger partial charge in [-0.25, -0.2) is 0 Å². The Kier molecular flexibility index (Phi) is 4.32. The average Bonchev–Trinajstić information content (AvgIpc) is 3.00. The number of ether oxygens (including phenoxy) is 1. The second-order valence-electron chi connectivity index (χ2n) is 4.65. The number of nitrogens with zero attached hydrogens (tertiary/aromatic N) is 4. The molecule has 2 heterocycles. The third kappa shape index (κ3) is 3.24. The first-order valence-electron chi connectivity index (χ1n) is 6.94. The van der Waals surface area contributed by atoms with Gasteiger partial charge in [0.2, 0.25) is 17.5 Å². The highest BCUT2D eigenvalue weighted by atomic mass is 16.5. The number of anilines is 2. The van der Waals surface area contributed by atoms with Crippen molar-refractivity contribution in [1.29, 1.82) is 5.26 Å². The second-order valence-corrected chi connectivity index (χ2v) is 4.65. The van der Waals surface area contributed by atoms with Crippen molar-refractivity contribution in [3.05, 3.63) is 41.9 Å². The number of aromatic nitrogens is 1. The van der Waals surface area contributed by atoms with E-state index in [1.165, 1.54) is 6.21 Å². The summed E-state index contributed by atoms with van der Waals surface area (Å²) in [6.45, 7) is 2.60. The molecule has 1 saturated heterocycles. The maximum absolute atomic E-state index is 9.18. The Bertz CT molecular complexity index is 684. The standard InChI is InChI=1S/C15H15N5O2/c16-10-13-15(20-6-8-21-9-7-20)22-14(18-13)11-17-19-12-4-2-1-3-5-12/h1-5,11,19H,6-9H2. The van der Waals surface area contributed by atoms with Gasteiger partial charge in [-0.2, -0.15) is 15.3 Å². The predicted molar refractivity (Wildman–Crippen MR) is 81.9 cm³/mol. The molecule has 1 aliphatic rings. The number of nitrogens with one attached hydrogen (secondary N) is 1. The number of hydrogen-bond donors (Lipinski definition) is 1. The summed E-state index contributed by atoms with van der Waals surface area (Å²) in [5, 5.41) is 13.2. The minimum atomic E-state index is 0.267. The number of para-hydroxylation sites is 1. The molecular weight excluding hydrogens is 282 g/mol. The quantitative estimate of drug-likeness (QED) is 0.684. The van der Waals surface area contributed by atoms with Crippen LogP contribution in [0.25, 0.3) is 0 Å². The lowest BCUT2D eigenvalue weighted by Gasteiger charge is -2.25. The molecule has 0 aliphatic carbocycles. The van der Waals surface area contributed by atoms with Gasteiger partial charge in [0.1, 0.15) is 12.3 Å². The molecule has 0 amide bonds. The van der Waals surface area contributed by atoms with E-state index in [1.807, 2.05) is 35.2 Å². The summed E-state index contributed by atoms with van der Waals surface area (Å²) in [4.78, 5) is 6.09. The fourth-order valence-electron chi connectivity index (χ4n) is 2.11. The summed E-state index contributed by atoms with van der Waals surface area (Å²) in [5.41, 5.74) is 4.00. The minimum Gasteiger partial charge on any atom is -0.418 e. The van der Waals surface area contributed by atoms with Crippen LogP contribution in [0.4, 0.5) is 11.6 Å². The molecule has 1 fully saturated rings. The van der Waals surface area contributed by atoms with Gasteiger partial charge in [-0.15, -0.1) is 0 Å². The number of morpholine rings is 1. The molecule has 112 valence electrons. The van der Waals surface area contributed by atoms with Gasteiger partial charge < -0.3 is 14.1 Å². The van der Waals surface area contributed by atoms with E-state index in [9.17, 15) is 5.26 Å². The van der Waals surface area contributed by atoms with Crippen LogP contribution in [-0.2, 0) is 4.74 Å². The summed E-state index contributed by atoms with van der Waals surface area (Å²) in [5.74, 6) is 0.772. The smallest absolute Gasteiger partial charge is 0.243 e.